The molecule has 0 atom stereocenters. The quantitative estimate of drug-likeness (QED) is 0.798. The maximum Gasteiger partial charge on any atom is 0.221 e. The van der Waals surface area contributed by atoms with Gasteiger partial charge in [0.2, 0.25) is 5.91 Å². The molecule has 0 unspecified atom stereocenters. The van der Waals surface area contributed by atoms with Crippen LogP contribution in [-0.4, -0.2) is 30.4 Å². The number of nitrogens with two attached hydrogens (primary N) is 1. The van der Waals surface area contributed by atoms with Crippen LogP contribution in [0.2, 0.25) is 0 Å². The van der Waals surface area contributed by atoms with Gasteiger partial charge in [0, 0.05) is 39.1 Å². The molecule has 1 saturated heterocycles. The number of rotatable bonds is 3. The van der Waals surface area contributed by atoms with Crippen molar-refractivity contribution >= 4 is 5.91 Å². The fourth-order valence-corrected chi connectivity index (χ4v) is 2.12. The molecule has 0 aliphatic carbocycles. The molecule has 2 rings (SSSR count). The second-order valence-electron chi connectivity index (χ2n) is 4.35. The van der Waals surface area contributed by atoms with E-state index in [0.717, 1.165) is 26.2 Å². The molecule has 4 heteroatoms. The third-order valence-corrected chi connectivity index (χ3v) is 3.14. The lowest BCUT2D eigenvalue weighted by Crippen LogP contribution is -2.28. The number of carbonyl (C=O) groups excluding carboxylic acids is 1. The van der Waals surface area contributed by atoms with Gasteiger partial charge in [0.15, 0.2) is 0 Å². The topological polar surface area (TPSA) is 58.4 Å². The number of benzene rings is 1. The lowest BCUT2D eigenvalue weighted by atomic mass is 10.1. The minimum atomic E-state index is 0.152. The summed E-state index contributed by atoms with van der Waals surface area (Å²) in [4.78, 5) is 13.5. The summed E-state index contributed by atoms with van der Waals surface area (Å²) in [6.07, 6.45) is 0.588. The van der Waals surface area contributed by atoms with Crippen LogP contribution in [0.4, 0.5) is 0 Å². The Hall–Kier alpha value is -1.39. The summed E-state index contributed by atoms with van der Waals surface area (Å²) in [5, 5.41) is 2.88. The molecule has 4 nitrogen and oxygen atoms in total. The number of hydrogen-bond donors (Lipinski definition) is 2. The summed E-state index contributed by atoms with van der Waals surface area (Å²) in [7, 11) is 0. The van der Waals surface area contributed by atoms with E-state index in [-0.39, 0.29) is 5.91 Å². The van der Waals surface area contributed by atoms with Crippen LogP contribution in [0.3, 0.4) is 0 Å². The standard InChI is InChI=1S/C13H19N3O/c14-9-11-3-1-2-4-12(11)10-16-7-5-13(17)15-6-8-16/h1-4H,5-10,14H2,(H,15,17). The van der Waals surface area contributed by atoms with Crippen LogP contribution in [0, 0.1) is 0 Å². The van der Waals surface area contributed by atoms with E-state index in [1.165, 1.54) is 11.1 Å². The predicted molar refractivity (Wildman–Crippen MR) is 67.2 cm³/mol. The predicted octanol–water partition coefficient (Wildman–Crippen LogP) is 0.467. The summed E-state index contributed by atoms with van der Waals surface area (Å²) >= 11 is 0. The fourth-order valence-electron chi connectivity index (χ4n) is 2.12. The van der Waals surface area contributed by atoms with Gasteiger partial charge in [0.1, 0.15) is 0 Å². The fraction of sp³-hybridized carbons (Fsp3) is 0.462. The molecule has 1 fully saturated rings. The zero-order chi connectivity index (χ0) is 12.1. The second kappa shape index (κ2) is 5.80. The van der Waals surface area contributed by atoms with Crippen LogP contribution in [0.1, 0.15) is 17.5 Å². The Balaban J connectivity index is 2.02. The molecule has 0 spiro atoms. The van der Waals surface area contributed by atoms with Crippen LogP contribution >= 0.6 is 0 Å². The third-order valence-electron chi connectivity index (χ3n) is 3.14. The first-order valence-electron chi connectivity index (χ1n) is 6.05. The van der Waals surface area contributed by atoms with Crippen molar-refractivity contribution in [3.63, 3.8) is 0 Å². The molecule has 17 heavy (non-hydrogen) atoms. The van der Waals surface area contributed by atoms with Gasteiger partial charge in [-0.3, -0.25) is 9.69 Å². The molecule has 0 radical (unpaired) electrons. The lowest BCUT2D eigenvalue weighted by molar-refractivity contribution is -0.120. The van der Waals surface area contributed by atoms with E-state index < -0.39 is 0 Å². The zero-order valence-electron chi connectivity index (χ0n) is 9.98. The molecule has 0 aromatic heterocycles. The van der Waals surface area contributed by atoms with Crippen molar-refractivity contribution in [3.8, 4) is 0 Å². The third kappa shape index (κ3) is 3.28. The Morgan fingerprint density at radius 2 is 2.00 bits per heavy atom. The Morgan fingerprint density at radius 3 is 2.76 bits per heavy atom. The number of nitrogens with one attached hydrogen (secondary N) is 1. The minimum Gasteiger partial charge on any atom is -0.355 e. The second-order valence-corrected chi connectivity index (χ2v) is 4.35. The van der Waals surface area contributed by atoms with Crippen molar-refractivity contribution in [3.05, 3.63) is 35.4 Å². The summed E-state index contributed by atoms with van der Waals surface area (Å²) in [6.45, 7) is 3.92. The molecular formula is C13H19N3O. The zero-order valence-corrected chi connectivity index (χ0v) is 9.98. The average Bonchev–Trinajstić information content (AvgIpc) is 2.55. The Kier molecular flexibility index (Phi) is 4.12. The number of carbonyl (C=O) groups is 1. The van der Waals surface area contributed by atoms with Crippen molar-refractivity contribution in [2.75, 3.05) is 19.6 Å². The number of amides is 1. The normalized spacial score (nSPS) is 17.6. The summed E-state index contributed by atoms with van der Waals surface area (Å²) in [5.41, 5.74) is 8.18. The Labute approximate surface area is 102 Å². The van der Waals surface area contributed by atoms with E-state index in [1.54, 1.807) is 0 Å². The molecule has 0 saturated carbocycles. The van der Waals surface area contributed by atoms with Gasteiger partial charge in [-0.2, -0.15) is 0 Å². The van der Waals surface area contributed by atoms with Crippen molar-refractivity contribution in [2.45, 2.75) is 19.5 Å². The van der Waals surface area contributed by atoms with Gasteiger partial charge in [-0.25, -0.2) is 0 Å². The van der Waals surface area contributed by atoms with E-state index in [9.17, 15) is 4.79 Å². The van der Waals surface area contributed by atoms with Crippen molar-refractivity contribution in [1.82, 2.24) is 10.2 Å². The van der Waals surface area contributed by atoms with Gasteiger partial charge in [0.05, 0.1) is 0 Å². The van der Waals surface area contributed by atoms with E-state index in [0.29, 0.717) is 13.0 Å². The number of nitrogens with zero attached hydrogens (tertiary/aromatic N) is 1. The summed E-state index contributed by atoms with van der Waals surface area (Å²) in [5.74, 6) is 0.152. The first-order chi connectivity index (χ1) is 8.29. The van der Waals surface area contributed by atoms with Gasteiger partial charge >= 0.3 is 0 Å². The monoisotopic (exact) mass is 233 g/mol. The van der Waals surface area contributed by atoms with Crippen molar-refractivity contribution in [2.24, 2.45) is 5.73 Å². The van der Waals surface area contributed by atoms with E-state index in [1.807, 2.05) is 12.1 Å². The highest BCUT2D eigenvalue weighted by Crippen LogP contribution is 2.12. The van der Waals surface area contributed by atoms with Crippen LogP contribution < -0.4 is 11.1 Å². The van der Waals surface area contributed by atoms with Gasteiger partial charge in [0.25, 0.3) is 0 Å². The summed E-state index contributed by atoms with van der Waals surface area (Å²) in [6, 6.07) is 8.23. The number of hydrogen-bond acceptors (Lipinski definition) is 3. The summed E-state index contributed by atoms with van der Waals surface area (Å²) < 4.78 is 0. The molecule has 1 heterocycles. The van der Waals surface area contributed by atoms with E-state index >= 15 is 0 Å². The largest absolute Gasteiger partial charge is 0.355 e. The molecule has 0 bridgehead atoms. The molecule has 3 N–H and O–H groups in total. The maximum absolute atomic E-state index is 11.2. The van der Waals surface area contributed by atoms with Crippen molar-refractivity contribution in [1.29, 1.82) is 0 Å². The van der Waals surface area contributed by atoms with E-state index in [2.05, 4.69) is 22.3 Å². The first kappa shape index (κ1) is 12.1. The van der Waals surface area contributed by atoms with Crippen LogP contribution in [-0.2, 0) is 17.9 Å². The van der Waals surface area contributed by atoms with Gasteiger partial charge in [-0.1, -0.05) is 24.3 Å². The molecular weight excluding hydrogens is 214 g/mol. The SMILES string of the molecule is NCc1ccccc1CN1CCNC(=O)CC1. The smallest absolute Gasteiger partial charge is 0.221 e. The highest BCUT2D eigenvalue weighted by Gasteiger charge is 2.14. The van der Waals surface area contributed by atoms with E-state index in [4.69, 9.17) is 5.73 Å². The lowest BCUT2D eigenvalue weighted by Gasteiger charge is -2.20. The molecule has 1 aromatic carbocycles. The molecule has 1 aromatic rings. The first-order valence-corrected chi connectivity index (χ1v) is 6.05. The van der Waals surface area contributed by atoms with Crippen LogP contribution in [0.15, 0.2) is 24.3 Å². The highest BCUT2D eigenvalue weighted by molar-refractivity contribution is 5.76. The van der Waals surface area contributed by atoms with Crippen molar-refractivity contribution < 1.29 is 4.79 Å². The van der Waals surface area contributed by atoms with Crippen LogP contribution in [0.25, 0.3) is 0 Å². The molecule has 1 amide bonds. The molecule has 92 valence electrons. The minimum absolute atomic E-state index is 0.152. The average molecular weight is 233 g/mol. The van der Waals surface area contributed by atoms with Gasteiger partial charge in [-0.15, -0.1) is 0 Å². The molecule has 1 aliphatic heterocycles. The van der Waals surface area contributed by atoms with Gasteiger partial charge < -0.3 is 11.1 Å². The highest BCUT2D eigenvalue weighted by atomic mass is 16.1. The van der Waals surface area contributed by atoms with Gasteiger partial charge in [-0.05, 0) is 11.1 Å². The molecule has 1 aliphatic rings. The maximum atomic E-state index is 11.2. The van der Waals surface area contributed by atoms with Crippen LogP contribution in [0.5, 0.6) is 0 Å². The Morgan fingerprint density at radius 1 is 1.24 bits per heavy atom. The Bertz CT molecular complexity index is 392.